The number of halogens is 1. The van der Waals surface area contributed by atoms with Gasteiger partial charge < -0.3 is 10.2 Å². The highest BCUT2D eigenvalue weighted by atomic mass is 19.1. The van der Waals surface area contributed by atoms with Crippen molar-refractivity contribution < 1.29 is 8.81 Å². The average molecular weight is 236 g/mol. The summed E-state index contributed by atoms with van der Waals surface area (Å²) in [6, 6.07) is 4.41. The molecule has 0 aliphatic carbocycles. The summed E-state index contributed by atoms with van der Waals surface area (Å²) in [6.07, 6.45) is 5.19. The molecule has 0 unspecified atom stereocenters. The first kappa shape index (κ1) is 12.0. The molecule has 0 saturated heterocycles. The summed E-state index contributed by atoms with van der Waals surface area (Å²) in [6.45, 7) is 0.752. The van der Waals surface area contributed by atoms with Gasteiger partial charge in [0, 0.05) is 12.5 Å². The molecule has 0 amide bonds. The molecular formula is C13H17FN2O. The third-order valence-electron chi connectivity index (χ3n) is 2.74. The zero-order valence-corrected chi connectivity index (χ0v) is 9.79. The summed E-state index contributed by atoms with van der Waals surface area (Å²) in [4.78, 5) is 4.26. The minimum atomic E-state index is -0.278. The molecule has 0 saturated carbocycles. The SMILES string of the molecule is NCCCCCCc1nc2cc(F)ccc2o1. The van der Waals surface area contributed by atoms with Crippen molar-refractivity contribution >= 4 is 11.1 Å². The number of rotatable bonds is 6. The van der Waals surface area contributed by atoms with Crippen molar-refractivity contribution in [2.75, 3.05) is 6.54 Å². The van der Waals surface area contributed by atoms with Crippen LogP contribution in [0.1, 0.15) is 31.6 Å². The fourth-order valence-electron chi connectivity index (χ4n) is 1.83. The molecule has 0 aliphatic rings. The molecule has 4 heteroatoms. The lowest BCUT2D eigenvalue weighted by molar-refractivity contribution is 0.508. The summed E-state index contributed by atoms with van der Waals surface area (Å²) in [5.74, 6) is 0.415. The number of nitrogens with zero attached hydrogens (tertiary/aromatic N) is 1. The van der Waals surface area contributed by atoms with Crippen molar-refractivity contribution in [1.82, 2.24) is 4.98 Å². The fourth-order valence-corrected chi connectivity index (χ4v) is 1.83. The van der Waals surface area contributed by atoms with E-state index < -0.39 is 0 Å². The lowest BCUT2D eigenvalue weighted by Crippen LogP contribution is -1.97. The van der Waals surface area contributed by atoms with Crippen molar-refractivity contribution in [3.05, 3.63) is 29.9 Å². The number of hydrogen-bond acceptors (Lipinski definition) is 3. The molecule has 0 spiro atoms. The molecule has 2 N–H and O–H groups in total. The highest BCUT2D eigenvalue weighted by molar-refractivity contribution is 5.72. The van der Waals surface area contributed by atoms with Crippen molar-refractivity contribution in [2.45, 2.75) is 32.1 Å². The van der Waals surface area contributed by atoms with Crippen LogP contribution in [0.15, 0.2) is 22.6 Å². The summed E-state index contributed by atoms with van der Waals surface area (Å²) in [5, 5.41) is 0. The molecule has 17 heavy (non-hydrogen) atoms. The van der Waals surface area contributed by atoms with Crippen LogP contribution in [0.2, 0.25) is 0 Å². The number of aromatic nitrogens is 1. The summed E-state index contributed by atoms with van der Waals surface area (Å²) in [5.41, 5.74) is 6.68. The van der Waals surface area contributed by atoms with E-state index in [2.05, 4.69) is 4.98 Å². The first-order chi connectivity index (χ1) is 8.29. The van der Waals surface area contributed by atoms with Crippen LogP contribution in [0.25, 0.3) is 11.1 Å². The Morgan fingerprint density at radius 2 is 2.00 bits per heavy atom. The second kappa shape index (κ2) is 5.77. The van der Waals surface area contributed by atoms with Crippen LogP contribution in [-0.2, 0) is 6.42 Å². The quantitative estimate of drug-likeness (QED) is 0.784. The van der Waals surface area contributed by atoms with Crippen molar-refractivity contribution in [2.24, 2.45) is 5.73 Å². The Bertz CT molecular complexity index is 481. The van der Waals surface area contributed by atoms with Gasteiger partial charge in [0.05, 0.1) is 0 Å². The van der Waals surface area contributed by atoms with Gasteiger partial charge in [0.15, 0.2) is 11.5 Å². The maximum atomic E-state index is 12.9. The van der Waals surface area contributed by atoms with Crippen molar-refractivity contribution in [3.63, 3.8) is 0 Å². The molecular weight excluding hydrogens is 219 g/mol. The number of oxazole rings is 1. The standard InChI is InChI=1S/C13H17FN2O/c14-10-6-7-12-11(9-10)16-13(17-12)5-3-1-2-4-8-15/h6-7,9H,1-5,8,15H2. The monoisotopic (exact) mass is 236 g/mol. The van der Waals surface area contributed by atoms with Crippen LogP contribution >= 0.6 is 0 Å². The van der Waals surface area contributed by atoms with Crippen molar-refractivity contribution in [3.8, 4) is 0 Å². The molecule has 0 fully saturated rings. The normalized spacial score (nSPS) is 11.2. The fraction of sp³-hybridized carbons (Fsp3) is 0.462. The molecule has 1 aromatic carbocycles. The second-order valence-electron chi connectivity index (χ2n) is 4.17. The molecule has 2 rings (SSSR count). The number of aryl methyl sites for hydroxylation is 1. The van der Waals surface area contributed by atoms with Crippen LogP contribution in [0.5, 0.6) is 0 Å². The third kappa shape index (κ3) is 3.27. The maximum Gasteiger partial charge on any atom is 0.195 e. The van der Waals surface area contributed by atoms with Gasteiger partial charge in [0.1, 0.15) is 11.3 Å². The highest BCUT2D eigenvalue weighted by Crippen LogP contribution is 2.18. The molecule has 0 atom stereocenters. The van der Waals surface area contributed by atoms with Gasteiger partial charge in [-0.1, -0.05) is 12.8 Å². The van der Waals surface area contributed by atoms with Gasteiger partial charge >= 0.3 is 0 Å². The number of unbranched alkanes of at least 4 members (excludes halogenated alkanes) is 3. The van der Waals surface area contributed by atoms with Crippen LogP contribution in [0, 0.1) is 5.82 Å². The Kier molecular flexibility index (Phi) is 4.09. The van der Waals surface area contributed by atoms with E-state index in [4.69, 9.17) is 10.2 Å². The molecule has 0 radical (unpaired) electrons. The summed E-state index contributed by atoms with van der Waals surface area (Å²) >= 11 is 0. The minimum absolute atomic E-state index is 0.278. The first-order valence-electron chi connectivity index (χ1n) is 6.04. The first-order valence-corrected chi connectivity index (χ1v) is 6.04. The van der Waals surface area contributed by atoms with E-state index >= 15 is 0 Å². The van der Waals surface area contributed by atoms with Gasteiger partial charge in [-0.05, 0) is 31.5 Å². The minimum Gasteiger partial charge on any atom is -0.441 e. The molecule has 92 valence electrons. The van der Waals surface area contributed by atoms with Gasteiger partial charge in [0.2, 0.25) is 0 Å². The predicted octanol–water partition coefficient (Wildman–Crippen LogP) is 3.03. The Balaban J connectivity index is 1.91. The Morgan fingerprint density at radius 3 is 2.82 bits per heavy atom. The molecule has 0 aliphatic heterocycles. The van der Waals surface area contributed by atoms with E-state index in [1.807, 2.05) is 0 Å². The van der Waals surface area contributed by atoms with Gasteiger partial charge in [-0.15, -0.1) is 0 Å². The average Bonchev–Trinajstić information content (AvgIpc) is 2.70. The molecule has 1 aromatic heterocycles. The van der Waals surface area contributed by atoms with E-state index in [1.165, 1.54) is 12.1 Å². The van der Waals surface area contributed by atoms with Gasteiger partial charge in [-0.3, -0.25) is 0 Å². The number of benzene rings is 1. The van der Waals surface area contributed by atoms with Crippen LogP contribution in [0.3, 0.4) is 0 Å². The van der Waals surface area contributed by atoms with E-state index in [-0.39, 0.29) is 5.82 Å². The van der Waals surface area contributed by atoms with E-state index in [0.717, 1.165) is 38.6 Å². The van der Waals surface area contributed by atoms with Crippen LogP contribution in [0.4, 0.5) is 4.39 Å². The second-order valence-corrected chi connectivity index (χ2v) is 4.17. The van der Waals surface area contributed by atoms with E-state index in [9.17, 15) is 4.39 Å². The lowest BCUT2D eigenvalue weighted by atomic mass is 10.1. The van der Waals surface area contributed by atoms with Gasteiger partial charge in [0.25, 0.3) is 0 Å². The largest absolute Gasteiger partial charge is 0.441 e. The highest BCUT2D eigenvalue weighted by Gasteiger charge is 2.06. The predicted molar refractivity (Wildman–Crippen MR) is 65.2 cm³/mol. The Morgan fingerprint density at radius 1 is 1.18 bits per heavy atom. The number of fused-ring (bicyclic) bond motifs is 1. The maximum absolute atomic E-state index is 12.9. The van der Waals surface area contributed by atoms with Gasteiger partial charge in [-0.25, -0.2) is 9.37 Å². The number of hydrogen-bond donors (Lipinski definition) is 1. The topological polar surface area (TPSA) is 52.0 Å². The van der Waals surface area contributed by atoms with Crippen LogP contribution < -0.4 is 5.73 Å². The molecule has 0 bridgehead atoms. The third-order valence-corrected chi connectivity index (χ3v) is 2.74. The Hall–Kier alpha value is -1.42. The Labute approximate surface area is 99.8 Å². The number of nitrogens with two attached hydrogens (primary N) is 1. The molecule has 1 heterocycles. The molecule has 3 nitrogen and oxygen atoms in total. The smallest absolute Gasteiger partial charge is 0.195 e. The molecule has 2 aromatic rings. The van der Waals surface area contributed by atoms with E-state index in [1.54, 1.807) is 6.07 Å². The lowest BCUT2D eigenvalue weighted by Gasteiger charge is -1.96. The van der Waals surface area contributed by atoms with E-state index in [0.29, 0.717) is 17.0 Å². The summed E-state index contributed by atoms with van der Waals surface area (Å²) in [7, 11) is 0. The zero-order chi connectivity index (χ0) is 12.1. The van der Waals surface area contributed by atoms with Crippen molar-refractivity contribution in [1.29, 1.82) is 0 Å². The summed E-state index contributed by atoms with van der Waals surface area (Å²) < 4.78 is 18.5. The zero-order valence-electron chi connectivity index (χ0n) is 9.79. The van der Waals surface area contributed by atoms with Crippen LogP contribution in [-0.4, -0.2) is 11.5 Å². The van der Waals surface area contributed by atoms with Gasteiger partial charge in [-0.2, -0.15) is 0 Å².